The summed E-state index contributed by atoms with van der Waals surface area (Å²) in [4.78, 5) is 2.86. The summed E-state index contributed by atoms with van der Waals surface area (Å²) in [6.45, 7) is 3.02. The van der Waals surface area contributed by atoms with E-state index in [9.17, 15) is 8.78 Å². The number of H-pyrrole nitrogens is 1. The Bertz CT molecular complexity index is 681. The highest BCUT2D eigenvalue weighted by Crippen LogP contribution is 2.30. The minimum atomic E-state index is -0.581. The molecular weight excluding hydrogens is 278 g/mol. The van der Waals surface area contributed by atoms with E-state index >= 15 is 0 Å². The SMILES string of the molecule is CC1CCC(Cn2c(=S)[nH]c3c(F)cc(F)cc32)CC1. The fourth-order valence-corrected chi connectivity index (χ4v) is 3.41. The summed E-state index contributed by atoms with van der Waals surface area (Å²) < 4.78 is 29.5. The molecule has 5 heteroatoms. The number of aromatic amines is 1. The summed E-state index contributed by atoms with van der Waals surface area (Å²) in [7, 11) is 0. The standard InChI is InChI=1S/C15H18F2N2S/c1-9-2-4-10(5-3-9)8-19-13-7-11(16)6-12(17)14(13)18-15(19)20/h6-7,9-10H,2-5,8H2,1H3,(H,18,20). The molecule has 1 saturated carbocycles. The Balaban J connectivity index is 1.95. The highest BCUT2D eigenvalue weighted by molar-refractivity contribution is 7.71. The topological polar surface area (TPSA) is 20.7 Å². The first-order chi connectivity index (χ1) is 9.54. The molecule has 0 unspecified atom stereocenters. The molecule has 20 heavy (non-hydrogen) atoms. The summed E-state index contributed by atoms with van der Waals surface area (Å²) in [6.07, 6.45) is 4.77. The third kappa shape index (κ3) is 2.51. The van der Waals surface area contributed by atoms with Crippen LogP contribution in [0, 0.1) is 28.2 Å². The molecule has 0 bridgehead atoms. The van der Waals surface area contributed by atoms with Gasteiger partial charge in [-0.15, -0.1) is 0 Å². The lowest BCUT2D eigenvalue weighted by atomic mass is 9.83. The van der Waals surface area contributed by atoms with Gasteiger partial charge in [-0.2, -0.15) is 0 Å². The maximum Gasteiger partial charge on any atom is 0.178 e. The van der Waals surface area contributed by atoms with Gasteiger partial charge in [0.25, 0.3) is 0 Å². The number of benzene rings is 1. The fraction of sp³-hybridized carbons (Fsp3) is 0.533. The molecule has 0 atom stereocenters. The minimum absolute atomic E-state index is 0.306. The molecule has 1 aliphatic carbocycles. The molecule has 1 N–H and O–H groups in total. The van der Waals surface area contributed by atoms with Crippen molar-refractivity contribution in [3.63, 3.8) is 0 Å². The van der Waals surface area contributed by atoms with Crippen molar-refractivity contribution in [3.8, 4) is 0 Å². The molecule has 108 valence electrons. The van der Waals surface area contributed by atoms with Crippen LogP contribution < -0.4 is 0 Å². The van der Waals surface area contributed by atoms with Crippen molar-refractivity contribution in [1.82, 2.24) is 9.55 Å². The summed E-state index contributed by atoms with van der Waals surface area (Å²) in [5.74, 6) is 0.192. The van der Waals surface area contributed by atoms with Crippen LogP contribution in [0.5, 0.6) is 0 Å². The molecule has 0 saturated heterocycles. The van der Waals surface area contributed by atoms with Crippen molar-refractivity contribution < 1.29 is 8.78 Å². The van der Waals surface area contributed by atoms with Crippen LogP contribution in [-0.4, -0.2) is 9.55 Å². The van der Waals surface area contributed by atoms with Crippen LogP contribution >= 0.6 is 12.2 Å². The average molecular weight is 296 g/mol. The number of hydrogen-bond donors (Lipinski definition) is 1. The van der Waals surface area contributed by atoms with Crippen molar-refractivity contribution in [2.24, 2.45) is 11.8 Å². The molecular formula is C15H18F2N2S. The van der Waals surface area contributed by atoms with Crippen LogP contribution in [0.1, 0.15) is 32.6 Å². The monoisotopic (exact) mass is 296 g/mol. The first-order valence-electron chi connectivity index (χ1n) is 7.12. The maximum atomic E-state index is 13.7. The lowest BCUT2D eigenvalue weighted by Gasteiger charge is -2.26. The molecule has 3 rings (SSSR count). The largest absolute Gasteiger partial charge is 0.328 e. The molecule has 0 amide bonds. The number of rotatable bonds is 2. The molecule has 1 aromatic heterocycles. The van der Waals surface area contributed by atoms with Gasteiger partial charge in [0.1, 0.15) is 11.3 Å². The second-order valence-electron chi connectivity index (χ2n) is 5.95. The van der Waals surface area contributed by atoms with Crippen molar-refractivity contribution in [3.05, 3.63) is 28.5 Å². The van der Waals surface area contributed by atoms with Gasteiger partial charge >= 0.3 is 0 Å². The fourth-order valence-electron chi connectivity index (χ4n) is 3.13. The number of hydrogen-bond acceptors (Lipinski definition) is 1. The summed E-state index contributed by atoms with van der Waals surface area (Å²) in [6, 6.07) is 2.25. The maximum absolute atomic E-state index is 13.7. The van der Waals surface area contributed by atoms with Crippen molar-refractivity contribution in [2.45, 2.75) is 39.2 Å². The third-order valence-electron chi connectivity index (χ3n) is 4.38. The number of nitrogens with zero attached hydrogens (tertiary/aromatic N) is 1. The Kier molecular flexibility index (Phi) is 3.63. The Morgan fingerprint density at radius 3 is 2.65 bits per heavy atom. The zero-order valence-corrected chi connectivity index (χ0v) is 12.3. The molecule has 0 radical (unpaired) electrons. The second kappa shape index (κ2) is 5.28. The predicted molar refractivity (Wildman–Crippen MR) is 78.2 cm³/mol. The van der Waals surface area contributed by atoms with E-state index in [1.54, 1.807) is 0 Å². The number of nitrogens with one attached hydrogen (secondary N) is 1. The van der Waals surface area contributed by atoms with Crippen LogP contribution in [0.4, 0.5) is 8.78 Å². The smallest absolute Gasteiger partial charge is 0.178 e. The molecule has 1 heterocycles. The molecule has 2 nitrogen and oxygen atoms in total. The van der Waals surface area contributed by atoms with E-state index in [2.05, 4.69) is 11.9 Å². The van der Waals surface area contributed by atoms with Gasteiger partial charge in [-0.1, -0.05) is 19.8 Å². The van der Waals surface area contributed by atoms with E-state index in [4.69, 9.17) is 12.2 Å². The number of imidazole rings is 1. The van der Waals surface area contributed by atoms with E-state index in [0.717, 1.165) is 31.4 Å². The van der Waals surface area contributed by atoms with E-state index in [0.29, 0.717) is 21.7 Å². The second-order valence-corrected chi connectivity index (χ2v) is 6.34. The lowest BCUT2D eigenvalue weighted by molar-refractivity contribution is 0.266. The molecule has 1 fully saturated rings. The predicted octanol–water partition coefficient (Wildman–Crippen LogP) is 4.80. The highest BCUT2D eigenvalue weighted by atomic mass is 32.1. The van der Waals surface area contributed by atoms with Gasteiger partial charge < -0.3 is 9.55 Å². The zero-order valence-electron chi connectivity index (χ0n) is 11.5. The van der Waals surface area contributed by atoms with Crippen molar-refractivity contribution >= 4 is 23.3 Å². The molecule has 0 aliphatic heterocycles. The van der Waals surface area contributed by atoms with Gasteiger partial charge in [0.2, 0.25) is 0 Å². The van der Waals surface area contributed by atoms with Crippen LogP contribution in [0.2, 0.25) is 0 Å². The van der Waals surface area contributed by atoms with Gasteiger partial charge in [-0.3, -0.25) is 0 Å². The lowest BCUT2D eigenvalue weighted by Crippen LogP contribution is -2.17. The average Bonchev–Trinajstić information content (AvgIpc) is 2.70. The molecule has 2 aromatic rings. The first-order valence-corrected chi connectivity index (χ1v) is 7.53. The number of halogens is 2. The number of aromatic nitrogens is 2. The van der Waals surface area contributed by atoms with Crippen LogP contribution in [0.25, 0.3) is 11.0 Å². The molecule has 0 spiro atoms. The molecule has 1 aromatic carbocycles. The van der Waals surface area contributed by atoms with Gasteiger partial charge in [-0.05, 0) is 43.0 Å². The van der Waals surface area contributed by atoms with Gasteiger partial charge in [-0.25, -0.2) is 8.78 Å². The Labute approximate surface area is 121 Å². The summed E-state index contributed by atoms with van der Waals surface area (Å²) >= 11 is 5.27. The zero-order chi connectivity index (χ0) is 14.3. The van der Waals surface area contributed by atoms with Crippen LogP contribution in [-0.2, 0) is 6.54 Å². The van der Waals surface area contributed by atoms with Crippen molar-refractivity contribution in [1.29, 1.82) is 0 Å². The Morgan fingerprint density at radius 1 is 1.25 bits per heavy atom. The third-order valence-corrected chi connectivity index (χ3v) is 4.70. The van der Waals surface area contributed by atoms with Crippen molar-refractivity contribution in [2.75, 3.05) is 0 Å². The molecule has 1 aliphatic rings. The van der Waals surface area contributed by atoms with E-state index in [1.165, 1.54) is 18.9 Å². The Hall–Kier alpha value is -1.23. The number of fused-ring (bicyclic) bond motifs is 1. The van der Waals surface area contributed by atoms with E-state index in [-0.39, 0.29) is 0 Å². The van der Waals surface area contributed by atoms with E-state index in [1.807, 2.05) is 4.57 Å². The first kappa shape index (κ1) is 13.7. The Morgan fingerprint density at radius 2 is 1.95 bits per heavy atom. The minimum Gasteiger partial charge on any atom is -0.328 e. The summed E-state index contributed by atoms with van der Waals surface area (Å²) in [5.41, 5.74) is 0.840. The van der Waals surface area contributed by atoms with Gasteiger partial charge in [0, 0.05) is 12.6 Å². The van der Waals surface area contributed by atoms with Crippen LogP contribution in [0.3, 0.4) is 0 Å². The summed E-state index contributed by atoms with van der Waals surface area (Å²) in [5, 5.41) is 0. The highest BCUT2D eigenvalue weighted by Gasteiger charge is 2.20. The van der Waals surface area contributed by atoms with Crippen LogP contribution in [0.15, 0.2) is 12.1 Å². The quantitative estimate of drug-likeness (QED) is 0.789. The normalized spacial score (nSPS) is 23.4. The van der Waals surface area contributed by atoms with Gasteiger partial charge in [0.05, 0.1) is 5.52 Å². The van der Waals surface area contributed by atoms with E-state index < -0.39 is 11.6 Å². The van der Waals surface area contributed by atoms with Gasteiger partial charge in [0.15, 0.2) is 10.6 Å².